The van der Waals surface area contributed by atoms with Crippen LogP contribution in [0.25, 0.3) is 0 Å². The van der Waals surface area contributed by atoms with Crippen molar-refractivity contribution in [3.05, 3.63) is 65.4 Å². The van der Waals surface area contributed by atoms with Crippen LogP contribution in [-0.2, 0) is 0 Å². The summed E-state index contributed by atoms with van der Waals surface area (Å²) in [6, 6.07) is 6.06. The van der Waals surface area contributed by atoms with Gasteiger partial charge in [-0.2, -0.15) is 4.73 Å². The number of carbonyl (C=O) groups excluding carboxylic acids is 1. The van der Waals surface area contributed by atoms with Crippen molar-refractivity contribution in [3.63, 3.8) is 0 Å². The smallest absolute Gasteiger partial charge is 0.270 e. The number of hydrogen-bond acceptors (Lipinski definition) is 4. The van der Waals surface area contributed by atoms with E-state index in [4.69, 9.17) is 5.41 Å². The van der Waals surface area contributed by atoms with Crippen LogP contribution in [0, 0.1) is 10.6 Å². The molecule has 3 N–H and O–H groups in total. The third-order valence-electron chi connectivity index (χ3n) is 2.33. The average Bonchev–Trinajstić information content (AvgIpc) is 2.46. The molecule has 0 fully saturated rings. The van der Waals surface area contributed by atoms with Crippen molar-refractivity contribution in [2.75, 3.05) is 0 Å². The van der Waals surface area contributed by atoms with Crippen molar-refractivity contribution in [1.82, 2.24) is 15.8 Å². The van der Waals surface area contributed by atoms with Crippen LogP contribution in [0.15, 0.2) is 49.1 Å². The summed E-state index contributed by atoms with van der Waals surface area (Å²) in [4.78, 5) is 15.5. The van der Waals surface area contributed by atoms with Gasteiger partial charge in [0, 0.05) is 30.1 Å². The summed E-state index contributed by atoms with van der Waals surface area (Å²) in [5, 5.41) is 18.5. The molecule has 2 heterocycles. The maximum Gasteiger partial charge on any atom is 0.270 e. The number of hydrogen-bond donors (Lipinski definition) is 3. The minimum Gasteiger partial charge on any atom is -0.619 e. The molecule has 2 aromatic rings. The minimum absolute atomic E-state index is 0.0468. The number of carbonyl (C=O) groups is 1. The normalized spacial score (nSPS) is 9.68. The van der Waals surface area contributed by atoms with Crippen LogP contribution >= 0.6 is 0 Å². The van der Waals surface area contributed by atoms with Gasteiger partial charge in [-0.1, -0.05) is 0 Å². The number of rotatable bonds is 2. The van der Waals surface area contributed by atoms with Gasteiger partial charge in [0.1, 0.15) is 5.84 Å². The van der Waals surface area contributed by atoms with Crippen LogP contribution in [0.2, 0.25) is 0 Å². The molecule has 0 aromatic carbocycles. The molecule has 0 saturated heterocycles. The Labute approximate surface area is 109 Å². The summed E-state index contributed by atoms with van der Waals surface area (Å²) < 4.78 is 0.587. The third kappa shape index (κ3) is 3.25. The first-order valence-corrected chi connectivity index (χ1v) is 5.41. The summed E-state index contributed by atoms with van der Waals surface area (Å²) in [6.07, 6.45) is 5.56. The molecule has 0 unspecified atom stereocenters. The molecule has 0 radical (unpaired) electrons. The van der Waals surface area contributed by atoms with Crippen LogP contribution in [0.3, 0.4) is 0 Å². The Morgan fingerprint density at radius 3 is 2.37 bits per heavy atom. The largest absolute Gasteiger partial charge is 0.619 e. The number of nitrogens with zero attached hydrogens (tertiary/aromatic N) is 2. The van der Waals surface area contributed by atoms with E-state index < -0.39 is 5.91 Å². The van der Waals surface area contributed by atoms with Crippen LogP contribution < -0.4 is 15.6 Å². The SMILES string of the molecule is N=C(NNC(=O)c1cc[n+]([O-])cc1)c1ccncc1. The second-order valence-electron chi connectivity index (χ2n) is 3.64. The van der Waals surface area contributed by atoms with E-state index in [1.54, 1.807) is 24.5 Å². The molecule has 7 heteroatoms. The Hall–Kier alpha value is -2.96. The molecule has 0 atom stereocenters. The Morgan fingerprint density at radius 2 is 1.74 bits per heavy atom. The second kappa shape index (κ2) is 5.58. The number of nitrogens with one attached hydrogen (secondary N) is 3. The van der Waals surface area contributed by atoms with Crippen LogP contribution in [0.5, 0.6) is 0 Å². The lowest BCUT2D eigenvalue weighted by atomic mass is 10.2. The van der Waals surface area contributed by atoms with Crippen LogP contribution in [-0.4, -0.2) is 16.7 Å². The van der Waals surface area contributed by atoms with E-state index in [1.165, 1.54) is 24.5 Å². The van der Waals surface area contributed by atoms with Gasteiger partial charge in [0.15, 0.2) is 12.4 Å². The molecule has 19 heavy (non-hydrogen) atoms. The van der Waals surface area contributed by atoms with Crippen LogP contribution in [0.1, 0.15) is 15.9 Å². The number of pyridine rings is 2. The molecular weight excluding hydrogens is 246 g/mol. The molecular formula is C12H11N5O2. The van der Waals surface area contributed by atoms with Gasteiger partial charge in [-0.3, -0.25) is 26.0 Å². The van der Waals surface area contributed by atoms with E-state index in [-0.39, 0.29) is 5.84 Å². The Balaban J connectivity index is 1.94. The van der Waals surface area contributed by atoms with Crippen LogP contribution in [0.4, 0.5) is 0 Å². The maximum atomic E-state index is 11.7. The summed E-state index contributed by atoms with van der Waals surface area (Å²) in [5.41, 5.74) is 5.77. The number of hydrazine groups is 1. The van der Waals surface area contributed by atoms with E-state index in [0.717, 1.165) is 0 Å². The zero-order valence-electron chi connectivity index (χ0n) is 9.83. The van der Waals surface area contributed by atoms with Crippen molar-refractivity contribution in [2.45, 2.75) is 0 Å². The first kappa shape index (κ1) is 12.5. The quantitative estimate of drug-likeness (QED) is 0.231. The van der Waals surface area contributed by atoms with Crippen molar-refractivity contribution in [2.24, 2.45) is 0 Å². The first-order valence-electron chi connectivity index (χ1n) is 5.41. The molecule has 0 bridgehead atoms. The molecule has 96 valence electrons. The van der Waals surface area contributed by atoms with Gasteiger partial charge in [-0.05, 0) is 12.1 Å². The molecule has 1 amide bonds. The average molecular weight is 257 g/mol. The summed E-state index contributed by atoms with van der Waals surface area (Å²) >= 11 is 0. The third-order valence-corrected chi connectivity index (χ3v) is 2.33. The monoisotopic (exact) mass is 257 g/mol. The lowest BCUT2D eigenvalue weighted by Crippen LogP contribution is -2.42. The lowest BCUT2D eigenvalue weighted by Gasteiger charge is -2.09. The molecule has 0 saturated carbocycles. The fourth-order valence-corrected chi connectivity index (χ4v) is 1.35. The highest BCUT2D eigenvalue weighted by Crippen LogP contribution is 1.96. The second-order valence-corrected chi connectivity index (χ2v) is 3.64. The maximum absolute atomic E-state index is 11.7. The van der Waals surface area contributed by atoms with E-state index in [2.05, 4.69) is 15.8 Å². The molecule has 0 aliphatic carbocycles. The summed E-state index contributed by atoms with van der Waals surface area (Å²) in [5.74, 6) is -0.384. The van der Waals surface area contributed by atoms with Gasteiger partial charge in [-0.25, -0.2) is 0 Å². The zero-order chi connectivity index (χ0) is 13.7. The van der Waals surface area contributed by atoms with Gasteiger partial charge in [0.25, 0.3) is 5.91 Å². The van der Waals surface area contributed by atoms with Crippen molar-refractivity contribution < 1.29 is 9.52 Å². The Morgan fingerprint density at radius 1 is 1.11 bits per heavy atom. The molecule has 0 aliphatic heterocycles. The van der Waals surface area contributed by atoms with Gasteiger partial charge in [0.05, 0.1) is 5.56 Å². The predicted molar refractivity (Wildman–Crippen MR) is 67.1 cm³/mol. The van der Waals surface area contributed by atoms with E-state index >= 15 is 0 Å². The standard InChI is InChI=1S/C12H11N5O2/c13-11(9-1-5-14-6-2-9)15-16-12(18)10-3-7-17(19)8-4-10/h1-8H,(H2,13,15)(H,16,18). The van der Waals surface area contributed by atoms with E-state index in [1.807, 2.05) is 0 Å². The molecule has 0 aliphatic rings. The lowest BCUT2D eigenvalue weighted by molar-refractivity contribution is -0.605. The van der Waals surface area contributed by atoms with Crippen molar-refractivity contribution in [1.29, 1.82) is 5.41 Å². The highest BCUT2D eigenvalue weighted by molar-refractivity contribution is 5.99. The van der Waals surface area contributed by atoms with Gasteiger partial charge in [-0.15, -0.1) is 0 Å². The zero-order valence-corrected chi connectivity index (χ0v) is 9.83. The van der Waals surface area contributed by atoms with Gasteiger partial charge in [0.2, 0.25) is 0 Å². The molecule has 2 rings (SSSR count). The Kier molecular flexibility index (Phi) is 3.67. The van der Waals surface area contributed by atoms with Gasteiger partial charge < -0.3 is 5.21 Å². The fraction of sp³-hybridized carbons (Fsp3) is 0. The topological polar surface area (TPSA) is 105 Å². The van der Waals surface area contributed by atoms with Gasteiger partial charge >= 0.3 is 0 Å². The highest BCUT2D eigenvalue weighted by atomic mass is 16.5. The van der Waals surface area contributed by atoms with E-state index in [0.29, 0.717) is 15.9 Å². The number of amides is 1. The summed E-state index contributed by atoms with van der Waals surface area (Å²) in [7, 11) is 0. The minimum atomic E-state index is -0.431. The molecule has 2 aromatic heterocycles. The van der Waals surface area contributed by atoms with Crippen molar-refractivity contribution >= 4 is 11.7 Å². The highest BCUT2D eigenvalue weighted by Gasteiger charge is 2.07. The molecule has 0 spiro atoms. The predicted octanol–water partition coefficient (Wildman–Crippen LogP) is -0.0250. The first-order chi connectivity index (χ1) is 9.16. The number of amidine groups is 1. The van der Waals surface area contributed by atoms with E-state index in [9.17, 15) is 10.0 Å². The fourth-order valence-electron chi connectivity index (χ4n) is 1.35. The summed E-state index contributed by atoms with van der Waals surface area (Å²) in [6.45, 7) is 0. The molecule has 7 nitrogen and oxygen atoms in total. The Bertz CT molecular complexity index is 583. The van der Waals surface area contributed by atoms with Crippen molar-refractivity contribution in [3.8, 4) is 0 Å². The number of aromatic nitrogens is 2.